The van der Waals surface area contributed by atoms with Gasteiger partial charge in [0.2, 0.25) is 0 Å². The smallest absolute Gasteiger partial charge is 0.328 e. The Labute approximate surface area is 92.7 Å². The van der Waals surface area contributed by atoms with E-state index in [9.17, 15) is 14.7 Å². The van der Waals surface area contributed by atoms with Gasteiger partial charge in [-0.1, -0.05) is 12.1 Å². The molecule has 0 fully saturated rings. The Kier molecular flexibility index (Phi) is 3.17. The number of carboxylic acids is 1. The van der Waals surface area contributed by atoms with Gasteiger partial charge in [0.25, 0.3) is 5.91 Å². The SMILES string of the molecule is CC(C)(NC(=O)c1ccccc1O)C(=O)O. The Morgan fingerprint density at radius 2 is 1.81 bits per heavy atom. The van der Waals surface area contributed by atoms with Crippen LogP contribution in [0.3, 0.4) is 0 Å². The fourth-order valence-corrected chi connectivity index (χ4v) is 1.07. The van der Waals surface area contributed by atoms with Crippen molar-refractivity contribution in [3.63, 3.8) is 0 Å². The van der Waals surface area contributed by atoms with Crippen molar-refractivity contribution in [1.82, 2.24) is 5.32 Å². The lowest BCUT2D eigenvalue weighted by molar-refractivity contribution is -0.143. The van der Waals surface area contributed by atoms with E-state index in [4.69, 9.17) is 5.11 Å². The quantitative estimate of drug-likeness (QED) is 0.713. The van der Waals surface area contributed by atoms with Crippen LogP contribution in [0, 0.1) is 0 Å². The molecule has 0 saturated carbocycles. The predicted molar refractivity (Wildman–Crippen MR) is 57.3 cm³/mol. The van der Waals surface area contributed by atoms with Crippen LogP contribution in [0.1, 0.15) is 24.2 Å². The van der Waals surface area contributed by atoms with Crippen molar-refractivity contribution in [2.24, 2.45) is 0 Å². The first kappa shape index (κ1) is 12.0. The molecule has 0 radical (unpaired) electrons. The highest BCUT2D eigenvalue weighted by Crippen LogP contribution is 2.16. The van der Waals surface area contributed by atoms with E-state index in [2.05, 4.69) is 5.32 Å². The van der Waals surface area contributed by atoms with Crippen LogP contribution >= 0.6 is 0 Å². The Morgan fingerprint density at radius 3 is 2.31 bits per heavy atom. The summed E-state index contributed by atoms with van der Waals surface area (Å²) in [5.41, 5.74) is -1.32. The molecule has 0 unspecified atom stereocenters. The van der Waals surface area contributed by atoms with Crippen LogP contribution in [0.5, 0.6) is 5.75 Å². The Hall–Kier alpha value is -2.04. The van der Waals surface area contributed by atoms with Crippen molar-refractivity contribution >= 4 is 11.9 Å². The number of amides is 1. The molecule has 0 aromatic heterocycles. The number of phenolic OH excluding ortho intramolecular Hbond substituents is 1. The van der Waals surface area contributed by atoms with Crippen LogP contribution in [0.15, 0.2) is 24.3 Å². The molecule has 1 aromatic rings. The van der Waals surface area contributed by atoms with Crippen molar-refractivity contribution in [1.29, 1.82) is 0 Å². The first-order valence-corrected chi connectivity index (χ1v) is 4.68. The lowest BCUT2D eigenvalue weighted by Crippen LogP contribution is -2.49. The molecule has 0 spiro atoms. The number of carbonyl (C=O) groups is 2. The van der Waals surface area contributed by atoms with Gasteiger partial charge in [-0.15, -0.1) is 0 Å². The first-order chi connectivity index (χ1) is 7.34. The van der Waals surface area contributed by atoms with Crippen molar-refractivity contribution in [2.75, 3.05) is 0 Å². The van der Waals surface area contributed by atoms with Crippen molar-refractivity contribution in [3.8, 4) is 5.75 Å². The van der Waals surface area contributed by atoms with Gasteiger partial charge in [-0.05, 0) is 26.0 Å². The number of aromatic hydroxyl groups is 1. The Balaban J connectivity index is 2.89. The molecule has 1 aromatic carbocycles. The monoisotopic (exact) mass is 223 g/mol. The number of carbonyl (C=O) groups excluding carboxylic acids is 1. The van der Waals surface area contributed by atoms with E-state index in [1.165, 1.54) is 26.0 Å². The minimum atomic E-state index is -1.38. The second-order valence-electron chi connectivity index (χ2n) is 3.90. The van der Waals surface area contributed by atoms with E-state index in [1.54, 1.807) is 12.1 Å². The molecule has 16 heavy (non-hydrogen) atoms. The number of hydrogen-bond donors (Lipinski definition) is 3. The lowest BCUT2D eigenvalue weighted by Gasteiger charge is -2.21. The molecule has 5 heteroatoms. The maximum atomic E-state index is 11.7. The van der Waals surface area contributed by atoms with Gasteiger partial charge in [-0.25, -0.2) is 4.79 Å². The number of rotatable bonds is 3. The van der Waals surface area contributed by atoms with Gasteiger partial charge in [-0.3, -0.25) is 4.79 Å². The number of hydrogen-bond acceptors (Lipinski definition) is 3. The molecular formula is C11H13NO4. The summed E-state index contributed by atoms with van der Waals surface area (Å²) in [6, 6.07) is 5.95. The zero-order chi connectivity index (χ0) is 12.3. The highest BCUT2D eigenvalue weighted by atomic mass is 16.4. The van der Waals surface area contributed by atoms with Crippen LogP contribution < -0.4 is 5.32 Å². The molecule has 0 saturated heterocycles. The third-order valence-electron chi connectivity index (χ3n) is 2.11. The molecule has 3 N–H and O–H groups in total. The second kappa shape index (κ2) is 4.22. The Morgan fingerprint density at radius 1 is 1.25 bits per heavy atom. The zero-order valence-electron chi connectivity index (χ0n) is 9.02. The summed E-state index contributed by atoms with van der Waals surface area (Å²) < 4.78 is 0. The summed E-state index contributed by atoms with van der Waals surface area (Å²) in [4.78, 5) is 22.4. The van der Waals surface area contributed by atoms with E-state index < -0.39 is 17.4 Å². The highest BCUT2D eigenvalue weighted by molar-refractivity contribution is 5.99. The van der Waals surface area contributed by atoms with E-state index in [0.29, 0.717) is 0 Å². The minimum absolute atomic E-state index is 0.0526. The number of phenols is 1. The third kappa shape index (κ3) is 2.50. The van der Waals surface area contributed by atoms with E-state index in [1.807, 2.05) is 0 Å². The molecule has 86 valence electrons. The fraction of sp³-hybridized carbons (Fsp3) is 0.273. The minimum Gasteiger partial charge on any atom is -0.507 e. The number of carboxylic acid groups (broad SMARTS) is 1. The van der Waals surface area contributed by atoms with E-state index in [0.717, 1.165) is 0 Å². The molecular weight excluding hydrogens is 210 g/mol. The van der Waals surface area contributed by atoms with Crippen LogP contribution in [-0.4, -0.2) is 27.6 Å². The largest absolute Gasteiger partial charge is 0.507 e. The summed E-state index contributed by atoms with van der Waals surface area (Å²) in [6.07, 6.45) is 0. The Bertz CT molecular complexity index is 426. The zero-order valence-corrected chi connectivity index (χ0v) is 9.02. The first-order valence-electron chi connectivity index (χ1n) is 4.68. The van der Waals surface area contributed by atoms with Crippen molar-refractivity contribution in [2.45, 2.75) is 19.4 Å². The van der Waals surface area contributed by atoms with Gasteiger partial charge in [0, 0.05) is 0 Å². The maximum absolute atomic E-state index is 11.7. The van der Waals surface area contributed by atoms with Crippen LogP contribution in [-0.2, 0) is 4.79 Å². The van der Waals surface area contributed by atoms with Crippen molar-refractivity contribution in [3.05, 3.63) is 29.8 Å². The van der Waals surface area contributed by atoms with E-state index in [-0.39, 0.29) is 11.3 Å². The molecule has 0 atom stereocenters. The average molecular weight is 223 g/mol. The maximum Gasteiger partial charge on any atom is 0.328 e. The van der Waals surface area contributed by atoms with Crippen molar-refractivity contribution < 1.29 is 19.8 Å². The molecule has 0 aliphatic carbocycles. The third-order valence-corrected chi connectivity index (χ3v) is 2.11. The number of nitrogens with one attached hydrogen (secondary N) is 1. The van der Waals surface area contributed by atoms with Gasteiger partial charge in [-0.2, -0.15) is 0 Å². The fourth-order valence-electron chi connectivity index (χ4n) is 1.07. The second-order valence-corrected chi connectivity index (χ2v) is 3.90. The van der Waals surface area contributed by atoms with Gasteiger partial charge < -0.3 is 15.5 Å². The summed E-state index contributed by atoms with van der Waals surface area (Å²) in [5.74, 6) is -1.94. The molecule has 0 aliphatic rings. The lowest BCUT2D eigenvalue weighted by atomic mass is 10.0. The average Bonchev–Trinajstić information content (AvgIpc) is 2.17. The van der Waals surface area contributed by atoms with Gasteiger partial charge in [0.1, 0.15) is 11.3 Å². The van der Waals surface area contributed by atoms with Crippen LogP contribution in [0.25, 0.3) is 0 Å². The topological polar surface area (TPSA) is 86.6 Å². The number of para-hydroxylation sites is 1. The normalized spacial score (nSPS) is 10.9. The molecule has 0 heterocycles. The van der Waals surface area contributed by atoms with Crippen LogP contribution in [0.2, 0.25) is 0 Å². The summed E-state index contributed by atoms with van der Waals surface area (Å²) in [6.45, 7) is 2.74. The summed E-state index contributed by atoms with van der Waals surface area (Å²) in [5, 5.41) is 20.6. The predicted octanol–water partition coefficient (Wildman–Crippen LogP) is 0.985. The molecule has 5 nitrogen and oxygen atoms in total. The standard InChI is InChI=1S/C11H13NO4/c1-11(2,10(15)16)12-9(14)7-5-3-4-6-8(7)13/h3-6,13H,1-2H3,(H,12,14)(H,15,16). The van der Waals surface area contributed by atoms with Gasteiger partial charge in [0.15, 0.2) is 0 Å². The van der Waals surface area contributed by atoms with Crippen LogP contribution in [0.4, 0.5) is 0 Å². The number of aliphatic carboxylic acids is 1. The number of benzene rings is 1. The van der Waals surface area contributed by atoms with Gasteiger partial charge in [0.05, 0.1) is 5.56 Å². The van der Waals surface area contributed by atoms with Gasteiger partial charge >= 0.3 is 5.97 Å². The molecule has 0 bridgehead atoms. The molecule has 0 aliphatic heterocycles. The molecule has 1 rings (SSSR count). The summed E-state index contributed by atoms with van der Waals surface area (Å²) >= 11 is 0. The van der Waals surface area contributed by atoms with E-state index >= 15 is 0 Å². The summed E-state index contributed by atoms with van der Waals surface area (Å²) in [7, 11) is 0. The molecule has 1 amide bonds. The highest BCUT2D eigenvalue weighted by Gasteiger charge is 2.29.